The Morgan fingerprint density at radius 2 is 1.58 bits per heavy atom. The second-order valence-corrected chi connectivity index (χ2v) is 7.86. The molecule has 136 valence electrons. The van der Waals surface area contributed by atoms with Crippen molar-refractivity contribution in [3.63, 3.8) is 0 Å². The second kappa shape index (κ2) is 9.64. The van der Waals surface area contributed by atoms with Gasteiger partial charge in [0.15, 0.2) is 17.8 Å². The Morgan fingerprint density at radius 1 is 0.917 bits per heavy atom. The van der Waals surface area contributed by atoms with Crippen LogP contribution in [0.25, 0.3) is 0 Å². The SMILES string of the molecule is CC(C)CC1N=NC(C(C)C)=N1.CC(C)Cc1nc(C(C)C)n[nH]1. The molecule has 1 atom stereocenters. The van der Waals surface area contributed by atoms with Crippen LogP contribution in [0.3, 0.4) is 0 Å². The highest BCUT2D eigenvalue weighted by atomic mass is 15.3. The summed E-state index contributed by atoms with van der Waals surface area (Å²) < 4.78 is 0. The highest BCUT2D eigenvalue weighted by molar-refractivity contribution is 5.85. The van der Waals surface area contributed by atoms with Gasteiger partial charge in [0.2, 0.25) is 0 Å². The molecule has 1 aromatic rings. The van der Waals surface area contributed by atoms with Crippen LogP contribution in [0.2, 0.25) is 0 Å². The Bertz CT molecular complexity index is 539. The third-order valence-electron chi connectivity index (χ3n) is 3.44. The summed E-state index contributed by atoms with van der Waals surface area (Å²) in [5, 5.41) is 15.2. The van der Waals surface area contributed by atoms with Gasteiger partial charge in [0.1, 0.15) is 5.82 Å². The summed E-state index contributed by atoms with van der Waals surface area (Å²) in [7, 11) is 0. The molecule has 0 spiro atoms. The fourth-order valence-corrected chi connectivity index (χ4v) is 2.16. The summed E-state index contributed by atoms with van der Waals surface area (Å²) in [4.78, 5) is 8.79. The first kappa shape index (κ1) is 20.5. The van der Waals surface area contributed by atoms with Gasteiger partial charge in [-0.1, -0.05) is 55.4 Å². The van der Waals surface area contributed by atoms with E-state index in [4.69, 9.17) is 0 Å². The van der Waals surface area contributed by atoms with Crippen LogP contribution in [0, 0.1) is 17.8 Å². The number of amidine groups is 1. The topological polar surface area (TPSA) is 78.7 Å². The predicted molar refractivity (Wildman–Crippen MR) is 99.4 cm³/mol. The zero-order chi connectivity index (χ0) is 18.3. The number of hydrogen-bond donors (Lipinski definition) is 1. The van der Waals surface area contributed by atoms with E-state index in [1.807, 2.05) is 0 Å². The Morgan fingerprint density at radius 3 is 2.00 bits per heavy atom. The fourth-order valence-electron chi connectivity index (χ4n) is 2.16. The van der Waals surface area contributed by atoms with Gasteiger partial charge in [0.25, 0.3) is 0 Å². The maximum atomic E-state index is 4.41. The third kappa shape index (κ3) is 7.32. The lowest BCUT2D eigenvalue weighted by Gasteiger charge is -2.04. The van der Waals surface area contributed by atoms with Crippen LogP contribution in [-0.2, 0) is 6.42 Å². The Hall–Kier alpha value is -1.59. The van der Waals surface area contributed by atoms with Crippen LogP contribution >= 0.6 is 0 Å². The molecule has 0 saturated heterocycles. The zero-order valence-corrected chi connectivity index (χ0v) is 16.5. The molecule has 2 heterocycles. The molecular weight excluding hydrogens is 300 g/mol. The highest BCUT2D eigenvalue weighted by Gasteiger charge is 2.17. The predicted octanol–water partition coefficient (Wildman–Crippen LogP) is 5.01. The number of rotatable bonds is 6. The molecule has 6 nitrogen and oxygen atoms in total. The van der Waals surface area contributed by atoms with E-state index in [1.165, 1.54) is 0 Å². The lowest BCUT2D eigenvalue weighted by atomic mass is 10.1. The number of aromatic amines is 1. The molecular formula is C18H34N6. The molecule has 1 unspecified atom stereocenters. The van der Waals surface area contributed by atoms with E-state index in [-0.39, 0.29) is 6.17 Å². The minimum absolute atomic E-state index is 0.0994. The second-order valence-electron chi connectivity index (χ2n) is 7.86. The number of aromatic nitrogens is 3. The number of nitrogens with zero attached hydrogens (tertiary/aromatic N) is 5. The molecule has 1 aliphatic heterocycles. The zero-order valence-electron chi connectivity index (χ0n) is 16.5. The van der Waals surface area contributed by atoms with Gasteiger partial charge in [-0.2, -0.15) is 10.2 Å². The van der Waals surface area contributed by atoms with E-state index in [9.17, 15) is 0 Å². The van der Waals surface area contributed by atoms with Crippen LogP contribution in [0.15, 0.2) is 15.2 Å². The van der Waals surface area contributed by atoms with E-state index in [0.717, 1.165) is 30.3 Å². The third-order valence-corrected chi connectivity index (χ3v) is 3.44. The summed E-state index contributed by atoms with van der Waals surface area (Å²) in [6.45, 7) is 17.1. The largest absolute Gasteiger partial charge is 0.263 e. The van der Waals surface area contributed by atoms with Gasteiger partial charge in [0.05, 0.1) is 0 Å². The van der Waals surface area contributed by atoms with Gasteiger partial charge in [-0.05, 0) is 18.3 Å². The van der Waals surface area contributed by atoms with E-state index in [2.05, 4.69) is 85.8 Å². The molecule has 0 aromatic carbocycles. The molecule has 6 heteroatoms. The summed E-state index contributed by atoms with van der Waals surface area (Å²) in [6.07, 6.45) is 2.10. The van der Waals surface area contributed by atoms with E-state index >= 15 is 0 Å². The van der Waals surface area contributed by atoms with Gasteiger partial charge in [-0.25, -0.2) is 9.98 Å². The minimum atomic E-state index is 0.0994. The van der Waals surface area contributed by atoms with Crippen LogP contribution in [0.5, 0.6) is 0 Å². The Balaban J connectivity index is 0.000000240. The molecule has 1 N–H and O–H groups in total. The average Bonchev–Trinajstić information content (AvgIpc) is 3.07. The lowest BCUT2D eigenvalue weighted by molar-refractivity contribution is 0.508. The van der Waals surface area contributed by atoms with Crippen molar-refractivity contribution in [3.05, 3.63) is 11.6 Å². The number of H-pyrrole nitrogens is 1. The smallest absolute Gasteiger partial charge is 0.163 e. The molecule has 0 saturated carbocycles. The van der Waals surface area contributed by atoms with E-state index < -0.39 is 0 Å². The lowest BCUT2D eigenvalue weighted by Crippen LogP contribution is -2.05. The maximum Gasteiger partial charge on any atom is 0.163 e. The Labute approximate surface area is 146 Å². The highest BCUT2D eigenvalue weighted by Crippen LogP contribution is 2.17. The normalized spacial score (nSPS) is 17.0. The quantitative estimate of drug-likeness (QED) is 0.794. The van der Waals surface area contributed by atoms with Crippen molar-refractivity contribution in [2.45, 2.75) is 80.3 Å². The number of aliphatic imine (C=N–C) groups is 1. The summed E-state index contributed by atoms with van der Waals surface area (Å²) in [6, 6.07) is 0. The monoisotopic (exact) mass is 334 g/mol. The number of nitrogens with one attached hydrogen (secondary N) is 1. The molecule has 0 amide bonds. The van der Waals surface area contributed by atoms with Gasteiger partial charge in [-0.15, -0.1) is 5.11 Å². The first-order chi connectivity index (χ1) is 11.2. The van der Waals surface area contributed by atoms with Crippen LogP contribution in [-0.4, -0.2) is 27.2 Å². The van der Waals surface area contributed by atoms with E-state index in [0.29, 0.717) is 23.7 Å². The first-order valence-electron chi connectivity index (χ1n) is 9.08. The van der Waals surface area contributed by atoms with Crippen molar-refractivity contribution >= 4 is 5.84 Å². The average molecular weight is 335 g/mol. The van der Waals surface area contributed by atoms with Crippen molar-refractivity contribution in [2.75, 3.05) is 0 Å². The van der Waals surface area contributed by atoms with Crippen LogP contribution in [0.1, 0.15) is 79.4 Å². The van der Waals surface area contributed by atoms with Gasteiger partial charge < -0.3 is 0 Å². The standard InChI is InChI=1S/2C9H17N3/c2*1-6(2)5-8-10-9(7(3)4)12-11-8/h6-7H,5H2,1-4H3,(H,10,11,12);6-8H,5H2,1-4H3. The first-order valence-corrected chi connectivity index (χ1v) is 9.08. The van der Waals surface area contributed by atoms with Crippen molar-refractivity contribution in [2.24, 2.45) is 33.0 Å². The van der Waals surface area contributed by atoms with Crippen molar-refractivity contribution in [1.29, 1.82) is 0 Å². The summed E-state index contributed by atoms with van der Waals surface area (Å²) in [5.74, 6) is 4.94. The number of hydrogen-bond acceptors (Lipinski definition) is 5. The molecule has 2 rings (SSSR count). The minimum Gasteiger partial charge on any atom is -0.263 e. The Kier molecular flexibility index (Phi) is 8.22. The molecule has 0 bridgehead atoms. The molecule has 1 aliphatic rings. The van der Waals surface area contributed by atoms with Crippen molar-refractivity contribution in [1.82, 2.24) is 15.2 Å². The summed E-state index contributed by atoms with van der Waals surface area (Å²) in [5.41, 5.74) is 0. The molecule has 0 radical (unpaired) electrons. The number of azo groups is 1. The van der Waals surface area contributed by atoms with Crippen molar-refractivity contribution < 1.29 is 0 Å². The maximum absolute atomic E-state index is 4.41. The van der Waals surface area contributed by atoms with Gasteiger partial charge in [-0.3, -0.25) is 5.10 Å². The van der Waals surface area contributed by atoms with Gasteiger partial charge in [0, 0.05) is 18.3 Å². The molecule has 24 heavy (non-hydrogen) atoms. The molecule has 0 aliphatic carbocycles. The fraction of sp³-hybridized carbons (Fsp3) is 0.833. The molecule has 0 fully saturated rings. The summed E-state index contributed by atoms with van der Waals surface area (Å²) >= 11 is 0. The molecule has 1 aromatic heterocycles. The van der Waals surface area contributed by atoms with Crippen LogP contribution in [0.4, 0.5) is 0 Å². The van der Waals surface area contributed by atoms with Crippen LogP contribution < -0.4 is 0 Å². The van der Waals surface area contributed by atoms with E-state index in [1.54, 1.807) is 0 Å². The van der Waals surface area contributed by atoms with Crippen molar-refractivity contribution in [3.8, 4) is 0 Å². The van der Waals surface area contributed by atoms with Gasteiger partial charge >= 0.3 is 0 Å².